The Labute approximate surface area is 479 Å². The van der Waals surface area contributed by atoms with Crippen molar-refractivity contribution in [1.29, 1.82) is 0 Å². The molecule has 0 saturated carbocycles. The van der Waals surface area contributed by atoms with Crippen LogP contribution in [0.5, 0.6) is 0 Å². The van der Waals surface area contributed by atoms with E-state index in [0.717, 1.165) is 77.0 Å². The fourth-order valence-corrected chi connectivity index (χ4v) is 9.96. The van der Waals surface area contributed by atoms with Crippen molar-refractivity contribution in [2.45, 2.75) is 361 Å². The molecule has 0 N–H and O–H groups in total. The van der Waals surface area contributed by atoms with E-state index in [2.05, 4.69) is 81.5 Å². The van der Waals surface area contributed by atoms with Gasteiger partial charge in [-0.1, -0.05) is 313 Å². The Kier molecular flexibility index (Phi) is 63.2. The predicted molar refractivity (Wildman–Crippen MR) is 335 cm³/mol. The quantitative estimate of drug-likeness (QED) is 0.0261. The average Bonchev–Trinajstić information content (AvgIpc) is 3.43. The van der Waals surface area contributed by atoms with Gasteiger partial charge >= 0.3 is 17.9 Å². The van der Waals surface area contributed by atoms with Gasteiger partial charge in [-0.15, -0.1) is 0 Å². The van der Waals surface area contributed by atoms with Crippen molar-refractivity contribution in [3.63, 3.8) is 0 Å². The van der Waals surface area contributed by atoms with E-state index < -0.39 is 6.10 Å². The molecule has 6 nitrogen and oxygen atoms in total. The molecule has 0 aromatic carbocycles. The number of unbranched alkanes of at least 4 members (excludes halogenated alkanes) is 41. The van der Waals surface area contributed by atoms with Crippen molar-refractivity contribution in [2.75, 3.05) is 13.2 Å². The van der Waals surface area contributed by atoms with E-state index >= 15 is 0 Å². The van der Waals surface area contributed by atoms with Crippen LogP contribution in [-0.2, 0) is 28.6 Å². The monoisotopic (exact) mass is 1080 g/mol. The molecular formula is C71H128O6. The van der Waals surface area contributed by atoms with Crippen molar-refractivity contribution in [1.82, 2.24) is 0 Å². The van der Waals surface area contributed by atoms with Gasteiger partial charge in [0.25, 0.3) is 0 Å². The fourth-order valence-electron chi connectivity index (χ4n) is 9.96. The number of hydrogen-bond donors (Lipinski definition) is 0. The number of rotatable bonds is 62. The van der Waals surface area contributed by atoms with Crippen LogP contribution in [-0.4, -0.2) is 37.2 Å². The number of allylic oxidation sites excluding steroid dienone is 10. The maximum atomic E-state index is 12.9. The van der Waals surface area contributed by atoms with E-state index in [0.29, 0.717) is 19.3 Å². The maximum absolute atomic E-state index is 12.9. The molecule has 0 fully saturated rings. The average molecular weight is 1080 g/mol. The van der Waals surface area contributed by atoms with Crippen LogP contribution < -0.4 is 0 Å². The first-order valence-corrected chi connectivity index (χ1v) is 33.8. The Morgan fingerprint density at radius 3 is 0.831 bits per heavy atom. The van der Waals surface area contributed by atoms with Crippen LogP contribution in [0.3, 0.4) is 0 Å². The molecule has 6 heteroatoms. The third-order valence-corrected chi connectivity index (χ3v) is 15.0. The normalized spacial score (nSPS) is 12.4. The second-order valence-corrected chi connectivity index (χ2v) is 22.7. The highest BCUT2D eigenvalue weighted by Crippen LogP contribution is 2.18. The molecule has 0 radical (unpaired) electrons. The molecule has 0 aliphatic carbocycles. The Morgan fingerprint density at radius 1 is 0.273 bits per heavy atom. The van der Waals surface area contributed by atoms with Gasteiger partial charge in [-0.2, -0.15) is 0 Å². The minimum Gasteiger partial charge on any atom is -0.462 e. The first-order valence-electron chi connectivity index (χ1n) is 33.8. The smallest absolute Gasteiger partial charge is 0.306 e. The zero-order valence-corrected chi connectivity index (χ0v) is 51.5. The summed E-state index contributed by atoms with van der Waals surface area (Å²) in [6.07, 6.45) is 84.0. The second-order valence-electron chi connectivity index (χ2n) is 22.7. The zero-order chi connectivity index (χ0) is 55.7. The van der Waals surface area contributed by atoms with Crippen LogP contribution in [0.2, 0.25) is 0 Å². The topological polar surface area (TPSA) is 78.9 Å². The van der Waals surface area contributed by atoms with E-state index in [-0.39, 0.29) is 37.5 Å². The molecule has 0 saturated heterocycles. The molecule has 0 aliphatic rings. The predicted octanol–water partition coefficient (Wildman–Crippen LogP) is 23.1. The van der Waals surface area contributed by atoms with Gasteiger partial charge in [0, 0.05) is 19.3 Å². The molecule has 448 valence electrons. The van der Waals surface area contributed by atoms with E-state index in [4.69, 9.17) is 14.2 Å². The van der Waals surface area contributed by atoms with Gasteiger partial charge in [-0.3, -0.25) is 14.4 Å². The maximum Gasteiger partial charge on any atom is 0.306 e. The number of carbonyl (C=O) groups excluding carboxylic acids is 3. The van der Waals surface area contributed by atoms with Gasteiger partial charge in [0.2, 0.25) is 0 Å². The molecule has 0 aliphatic heterocycles. The summed E-state index contributed by atoms with van der Waals surface area (Å²) in [6.45, 7) is 6.54. The van der Waals surface area contributed by atoms with Gasteiger partial charge in [-0.05, 0) is 83.5 Å². The standard InChI is InChI=1S/C71H128O6/c1-4-7-10-13-16-19-22-25-28-29-30-31-32-33-34-35-36-37-38-39-40-41-44-46-49-52-55-58-61-64-70(73)76-67-68(77-71(74)65-62-59-56-53-50-47-43-27-24-21-18-15-12-9-6-3)66-75-69(72)63-60-57-54-51-48-45-42-26-23-20-17-14-11-8-5-2/h9,12,18,21,27,29-30,43,50,53,68H,4-8,10-11,13-17,19-20,22-26,28,31-42,44-49,51-52,54-67H2,1-3H3/b12-9-,21-18-,30-29-,43-27-,53-50-. The van der Waals surface area contributed by atoms with Gasteiger partial charge in [-0.25, -0.2) is 0 Å². The zero-order valence-electron chi connectivity index (χ0n) is 51.5. The highest BCUT2D eigenvalue weighted by molar-refractivity contribution is 5.71. The van der Waals surface area contributed by atoms with Gasteiger partial charge in [0.05, 0.1) is 0 Å². The van der Waals surface area contributed by atoms with Crippen molar-refractivity contribution >= 4 is 17.9 Å². The minimum absolute atomic E-state index is 0.0867. The third-order valence-electron chi connectivity index (χ3n) is 15.0. The Balaban J connectivity index is 4.22. The first kappa shape index (κ1) is 74.1. The summed E-state index contributed by atoms with van der Waals surface area (Å²) in [5, 5.41) is 0. The van der Waals surface area contributed by atoms with E-state index in [9.17, 15) is 14.4 Å². The van der Waals surface area contributed by atoms with Crippen LogP contribution in [0.15, 0.2) is 60.8 Å². The molecular weight excluding hydrogens is 949 g/mol. The molecule has 0 heterocycles. The van der Waals surface area contributed by atoms with Crippen molar-refractivity contribution in [2.24, 2.45) is 0 Å². The van der Waals surface area contributed by atoms with E-state index in [1.165, 1.54) is 231 Å². The number of esters is 3. The second kappa shape index (κ2) is 65.6. The molecule has 0 rings (SSSR count). The van der Waals surface area contributed by atoms with Gasteiger partial charge in [0.15, 0.2) is 6.10 Å². The van der Waals surface area contributed by atoms with Gasteiger partial charge in [0.1, 0.15) is 13.2 Å². The van der Waals surface area contributed by atoms with Crippen LogP contribution in [0, 0.1) is 0 Å². The molecule has 1 atom stereocenters. The number of carbonyl (C=O) groups is 3. The Bertz CT molecular complexity index is 1380. The molecule has 0 amide bonds. The van der Waals surface area contributed by atoms with Crippen LogP contribution in [0.25, 0.3) is 0 Å². The van der Waals surface area contributed by atoms with Crippen molar-refractivity contribution in [3.05, 3.63) is 60.8 Å². The minimum atomic E-state index is -0.794. The van der Waals surface area contributed by atoms with Crippen LogP contribution >= 0.6 is 0 Å². The molecule has 0 bridgehead atoms. The SMILES string of the molecule is CC/C=C\C/C=C\C/C=C\C/C=C\CCCCC(=O)OC(COC(=O)CCCCCCCCCCCCCCCCC)COC(=O)CCCCCCCCCCCCCCCCCCC/C=C\CCCCCCCCCC. The molecule has 0 aromatic rings. The summed E-state index contributed by atoms with van der Waals surface area (Å²) in [5.74, 6) is -0.908. The lowest BCUT2D eigenvalue weighted by molar-refractivity contribution is -0.167. The number of ether oxygens (including phenoxy) is 3. The van der Waals surface area contributed by atoms with Gasteiger partial charge < -0.3 is 14.2 Å². The third kappa shape index (κ3) is 63.8. The van der Waals surface area contributed by atoms with Crippen LogP contribution in [0.4, 0.5) is 0 Å². The summed E-state index contributed by atoms with van der Waals surface area (Å²) in [6, 6.07) is 0. The number of hydrogen-bond acceptors (Lipinski definition) is 6. The fraction of sp³-hybridized carbons (Fsp3) is 0.817. The highest BCUT2D eigenvalue weighted by atomic mass is 16.6. The Hall–Kier alpha value is -2.89. The van der Waals surface area contributed by atoms with Crippen molar-refractivity contribution in [3.8, 4) is 0 Å². The lowest BCUT2D eigenvalue weighted by Gasteiger charge is -2.18. The Morgan fingerprint density at radius 2 is 0.506 bits per heavy atom. The van der Waals surface area contributed by atoms with Crippen molar-refractivity contribution < 1.29 is 28.6 Å². The lowest BCUT2D eigenvalue weighted by Crippen LogP contribution is -2.30. The molecule has 0 spiro atoms. The van der Waals surface area contributed by atoms with E-state index in [1.54, 1.807) is 0 Å². The summed E-state index contributed by atoms with van der Waals surface area (Å²) in [7, 11) is 0. The summed E-state index contributed by atoms with van der Waals surface area (Å²) < 4.78 is 16.9. The largest absolute Gasteiger partial charge is 0.462 e. The summed E-state index contributed by atoms with van der Waals surface area (Å²) >= 11 is 0. The van der Waals surface area contributed by atoms with Crippen LogP contribution in [0.1, 0.15) is 355 Å². The lowest BCUT2D eigenvalue weighted by atomic mass is 10.0. The van der Waals surface area contributed by atoms with E-state index in [1.807, 2.05) is 0 Å². The molecule has 77 heavy (non-hydrogen) atoms. The summed E-state index contributed by atoms with van der Waals surface area (Å²) in [4.78, 5) is 38.3. The molecule has 0 aromatic heterocycles. The highest BCUT2D eigenvalue weighted by Gasteiger charge is 2.19. The summed E-state index contributed by atoms with van der Waals surface area (Å²) in [5.41, 5.74) is 0. The molecule has 1 unspecified atom stereocenters. The first-order chi connectivity index (χ1) is 38.0.